The van der Waals surface area contributed by atoms with E-state index in [1.807, 2.05) is 0 Å². The van der Waals surface area contributed by atoms with Gasteiger partial charge in [-0.3, -0.25) is 4.79 Å². The first-order chi connectivity index (χ1) is 8.65. The van der Waals surface area contributed by atoms with Crippen molar-refractivity contribution in [1.82, 2.24) is 4.90 Å². The Kier molecular flexibility index (Phi) is 4.66. The van der Waals surface area contributed by atoms with Gasteiger partial charge >= 0.3 is 0 Å². The van der Waals surface area contributed by atoms with Crippen molar-refractivity contribution in [3.8, 4) is 0 Å². The Morgan fingerprint density at radius 1 is 1.33 bits per heavy atom. The molecule has 0 radical (unpaired) electrons. The molecule has 4 unspecified atom stereocenters. The zero-order chi connectivity index (χ0) is 13.1. The van der Waals surface area contributed by atoms with Gasteiger partial charge in [-0.2, -0.15) is 0 Å². The number of carbonyl (C=O) groups excluding carboxylic acids is 1. The van der Waals surface area contributed by atoms with Crippen LogP contribution in [0.1, 0.15) is 58.8 Å². The second-order valence-corrected chi connectivity index (χ2v) is 6.21. The number of carbonyl (C=O) groups is 1. The quantitative estimate of drug-likeness (QED) is 0.839. The summed E-state index contributed by atoms with van der Waals surface area (Å²) in [5, 5.41) is 0. The fraction of sp³-hybridized carbons (Fsp3) is 0.933. The summed E-state index contributed by atoms with van der Waals surface area (Å²) in [7, 11) is 0. The number of piperidine rings is 1. The summed E-state index contributed by atoms with van der Waals surface area (Å²) in [6, 6.07) is 0.212. The van der Waals surface area contributed by atoms with E-state index in [9.17, 15) is 4.79 Å². The fourth-order valence-electron chi connectivity index (χ4n) is 3.83. The molecule has 0 aromatic carbocycles. The molecule has 2 aliphatic rings. The van der Waals surface area contributed by atoms with Gasteiger partial charge in [0.2, 0.25) is 5.91 Å². The maximum absolute atomic E-state index is 12.5. The summed E-state index contributed by atoms with van der Waals surface area (Å²) < 4.78 is 0. The first-order valence-corrected chi connectivity index (χ1v) is 7.71. The maximum atomic E-state index is 12.5. The van der Waals surface area contributed by atoms with Gasteiger partial charge in [0, 0.05) is 12.6 Å². The van der Waals surface area contributed by atoms with Crippen molar-refractivity contribution in [2.75, 3.05) is 6.54 Å². The van der Waals surface area contributed by atoms with Crippen LogP contribution >= 0.6 is 0 Å². The van der Waals surface area contributed by atoms with Gasteiger partial charge in [-0.25, -0.2) is 0 Å². The molecule has 2 fully saturated rings. The lowest BCUT2D eigenvalue weighted by Gasteiger charge is -2.48. The highest BCUT2D eigenvalue weighted by atomic mass is 16.2. The highest BCUT2D eigenvalue weighted by molar-refractivity contribution is 5.82. The van der Waals surface area contributed by atoms with E-state index in [-0.39, 0.29) is 11.9 Å². The van der Waals surface area contributed by atoms with Crippen molar-refractivity contribution in [2.24, 2.45) is 17.6 Å². The van der Waals surface area contributed by atoms with Crippen LogP contribution in [0.4, 0.5) is 0 Å². The van der Waals surface area contributed by atoms with Crippen molar-refractivity contribution in [2.45, 2.75) is 70.9 Å². The van der Waals surface area contributed by atoms with Gasteiger partial charge in [0.25, 0.3) is 0 Å². The van der Waals surface area contributed by atoms with Crippen molar-refractivity contribution in [3.05, 3.63) is 0 Å². The van der Waals surface area contributed by atoms with Crippen LogP contribution in [0.3, 0.4) is 0 Å². The first kappa shape index (κ1) is 13.9. The van der Waals surface area contributed by atoms with Crippen LogP contribution in [0.2, 0.25) is 0 Å². The minimum absolute atomic E-state index is 0.209. The minimum Gasteiger partial charge on any atom is -0.338 e. The lowest BCUT2D eigenvalue weighted by molar-refractivity contribution is -0.140. The molecule has 0 aromatic heterocycles. The first-order valence-electron chi connectivity index (χ1n) is 7.71. The van der Waals surface area contributed by atoms with Gasteiger partial charge in [0.1, 0.15) is 0 Å². The van der Waals surface area contributed by atoms with Crippen LogP contribution in [0.15, 0.2) is 0 Å². The average molecular weight is 252 g/mol. The topological polar surface area (TPSA) is 46.3 Å². The van der Waals surface area contributed by atoms with Crippen molar-refractivity contribution in [1.29, 1.82) is 0 Å². The van der Waals surface area contributed by atoms with Crippen LogP contribution in [-0.2, 0) is 4.79 Å². The number of amides is 1. The van der Waals surface area contributed by atoms with E-state index in [0.717, 1.165) is 37.6 Å². The number of hydrogen-bond acceptors (Lipinski definition) is 2. The second-order valence-electron chi connectivity index (χ2n) is 6.21. The fourth-order valence-corrected chi connectivity index (χ4v) is 3.83. The summed E-state index contributed by atoms with van der Waals surface area (Å²) in [6.45, 7) is 5.38. The molecule has 0 spiro atoms. The third-order valence-electron chi connectivity index (χ3n) is 4.94. The molecule has 4 atom stereocenters. The van der Waals surface area contributed by atoms with Gasteiger partial charge in [0.15, 0.2) is 0 Å². The van der Waals surface area contributed by atoms with E-state index in [2.05, 4.69) is 18.7 Å². The lowest BCUT2D eigenvalue weighted by Crippen LogP contribution is -2.56. The van der Waals surface area contributed by atoms with Crippen LogP contribution in [-0.4, -0.2) is 29.4 Å². The monoisotopic (exact) mass is 252 g/mol. The summed E-state index contributed by atoms with van der Waals surface area (Å²) in [4.78, 5) is 14.6. The number of nitrogens with zero attached hydrogens (tertiary/aromatic N) is 1. The maximum Gasteiger partial charge on any atom is 0.239 e. The summed E-state index contributed by atoms with van der Waals surface area (Å²) in [5.41, 5.74) is 6.02. The summed E-state index contributed by atoms with van der Waals surface area (Å²) in [6.07, 6.45) is 8.09. The van der Waals surface area contributed by atoms with E-state index in [1.165, 1.54) is 25.7 Å². The molecular weight excluding hydrogens is 224 g/mol. The van der Waals surface area contributed by atoms with E-state index in [1.54, 1.807) is 0 Å². The third kappa shape index (κ3) is 2.71. The van der Waals surface area contributed by atoms with Crippen LogP contribution in [0.25, 0.3) is 0 Å². The number of hydrogen-bond donors (Lipinski definition) is 1. The third-order valence-corrected chi connectivity index (χ3v) is 4.94. The molecular formula is C15H28N2O. The molecule has 1 aliphatic heterocycles. The van der Waals surface area contributed by atoms with Crippen LogP contribution in [0, 0.1) is 11.8 Å². The van der Waals surface area contributed by atoms with Crippen molar-refractivity contribution in [3.63, 3.8) is 0 Å². The number of nitrogens with two attached hydrogens (primary N) is 1. The highest BCUT2D eigenvalue weighted by Crippen LogP contribution is 2.38. The molecule has 1 saturated heterocycles. The number of likely N-dealkylation sites (tertiary alicyclic amines) is 1. The molecule has 1 saturated carbocycles. The standard InChI is InChI=1S/C15H28N2O/c1-3-6-13(16)15(18)17-10-9-11(2)12-7-4-5-8-14(12)17/h11-14H,3-10,16H2,1-2H3. The van der Waals surface area contributed by atoms with E-state index in [0.29, 0.717) is 6.04 Å². The molecule has 3 nitrogen and oxygen atoms in total. The average Bonchev–Trinajstić information content (AvgIpc) is 2.39. The molecule has 2 rings (SSSR count). The smallest absolute Gasteiger partial charge is 0.239 e. The molecule has 2 N–H and O–H groups in total. The SMILES string of the molecule is CCCC(N)C(=O)N1CCC(C)C2CCCCC21. The van der Waals surface area contributed by atoms with Gasteiger partial charge < -0.3 is 10.6 Å². The van der Waals surface area contributed by atoms with E-state index in [4.69, 9.17) is 5.73 Å². The van der Waals surface area contributed by atoms with Crippen molar-refractivity contribution >= 4 is 5.91 Å². The predicted molar refractivity (Wildman–Crippen MR) is 74.1 cm³/mol. The molecule has 0 aromatic rings. The Balaban J connectivity index is 2.05. The zero-order valence-electron chi connectivity index (χ0n) is 11.9. The van der Waals surface area contributed by atoms with E-state index >= 15 is 0 Å². The largest absolute Gasteiger partial charge is 0.338 e. The normalized spacial score (nSPS) is 33.9. The Morgan fingerprint density at radius 3 is 2.78 bits per heavy atom. The zero-order valence-corrected chi connectivity index (χ0v) is 11.9. The Hall–Kier alpha value is -0.570. The minimum atomic E-state index is -0.272. The van der Waals surface area contributed by atoms with Crippen molar-refractivity contribution < 1.29 is 4.79 Å². The second kappa shape index (κ2) is 6.05. The molecule has 3 heteroatoms. The lowest BCUT2D eigenvalue weighted by atomic mass is 9.72. The van der Waals surface area contributed by atoms with Gasteiger partial charge in [0.05, 0.1) is 6.04 Å². The van der Waals surface area contributed by atoms with E-state index < -0.39 is 0 Å². The Bertz CT molecular complexity index is 292. The Morgan fingerprint density at radius 2 is 2.06 bits per heavy atom. The number of rotatable bonds is 3. The molecule has 1 heterocycles. The van der Waals surface area contributed by atoms with Crippen LogP contribution < -0.4 is 5.73 Å². The molecule has 1 amide bonds. The van der Waals surface area contributed by atoms with Gasteiger partial charge in [-0.05, 0) is 37.5 Å². The molecule has 18 heavy (non-hydrogen) atoms. The van der Waals surface area contributed by atoms with Gasteiger partial charge in [-0.1, -0.05) is 33.1 Å². The number of fused-ring (bicyclic) bond motifs is 1. The molecule has 1 aliphatic carbocycles. The summed E-state index contributed by atoms with van der Waals surface area (Å²) in [5.74, 6) is 1.72. The predicted octanol–water partition coefficient (Wildman–Crippen LogP) is 2.54. The molecule has 0 bridgehead atoms. The van der Waals surface area contributed by atoms with Crippen LogP contribution in [0.5, 0.6) is 0 Å². The molecule has 104 valence electrons. The van der Waals surface area contributed by atoms with Gasteiger partial charge in [-0.15, -0.1) is 0 Å². The Labute approximate surface area is 111 Å². The highest BCUT2D eigenvalue weighted by Gasteiger charge is 2.40. The summed E-state index contributed by atoms with van der Waals surface area (Å²) >= 11 is 0.